The summed E-state index contributed by atoms with van der Waals surface area (Å²) in [5, 5.41) is 25.8. The molecule has 35 heavy (non-hydrogen) atoms. The number of fused-ring (bicyclic) bond motifs is 1. The van der Waals surface area contributed by atoms with Gasteiger partial charge in [0.05, 0.1) is 35.9 Å². The molecule has 176 valence electrons. The average Bonchev–Trinajstić information content (AvgIpc) is 3.25. The maximum atomic E-state index is 13.4. The van der Waals surface area contributed by atoms with Gasteiger partial charge in [-0.1, -0.05) is 18.2 Å². The lowest BCUT2D eigenvalue weighted by Crippen LogP contribution is -2.31. The molecule has 1 aliphatic heterocycles. The number of nitrogens with zero attached hydrogens (tertiary/aromatic N) is 6. The number of hydrogen-bond donors (Lipinski definition) is 1. The highest BCUT2D eigenvalue weighted by Gasteiger charge is 2.37. The van der Waals surface area contributed by atoms with Gasteiger partial charge in [0, 0.05) is 11.4 Å². The quantitative estimate of drug-likeness (QED) is 0.568. The number of benzene rings is 2. The van der Waals surface area contributed by atoms with Crippen molar-refractivity contribution >= 4 is 23.7 Å². The van der Waals surface area contributed by atoms with Crippen molar-refractivity contribution in [3.05, 3.63) is 76.5 Å². The highest BCUT2D eigenvalue weighted by atomic mass is 19.4. The first-order chi connectivity index (χ1) is 16.7. The van der Waals surface area contributed by atoms with E-state index in [4.69, 9.17) is 5.26 Å². The number of carbonyl (C=O) groups is 1. The molecule has 0 aliphatic carbocycles. The number of hydrogen-bond acceptors (Lipinski definition) is 7. The van der Waals surface area contributed by atoms with Crippen molar-refractivity contribution in [3.63, 3.8) is 0 Å². The van der Waals surface area contributed by atoms with Crippen LogP contribution in [0, 0.1) is 22.7 Å². The van der Waals surface area contributed by atoms with Crippen LogP contribution >= 0.6 is 0 Å². The van der Waals surface area contributed by atoms with Gasteiger partial charge in [-0.2, -0.15) is 28.7 Å². The van der Waals surface area contributed by atoms with Crippen LogP contribution in [0.3, 0.4) is 0 Å². The number of amides is 1. The molecule has 0 radical (unpaired) electrons. The third kappa shape index (κ3) is 4.25. The number of aromatic nitrogens is 3. The molecule has 1 aliphatic rings. The van der Waals surface area contributed by atoms with Crippen LogP contribution in [-0.2, 0) is 10.9 Å². The largest absolute Gasteiger partial charge is 0.453 e. The highest BCUT2D eigenvalue weighted by Crippen LogP contribution is 2.43. The zero-order chi connectivity index (χ0) is 25.3. The van der Waals surface area contributed by atoms with Crippen molar-refractivity contribution in [2.75, 3.05) is 17.3 Å². The molecule has 1 amide bonds. The van der Waals surface area contributed by atoms with Crippen molar-refractivity contribution in [1.29, 1.82) is 10.5 Å². The number of methoxy groups -OCH3 is 1. The summed E-state index contributed by atoms with van der Waals surface area (Å²) in [5.74, 6) is -0.101. The van der Waals surface area contributed by atoms with E-state index >= 15 is 0 Å². The molecule has 0 saturated heterocycles. The monoisotopic (exact) mass is 479 g/mol. The molecule has 4 rings (SSSR count). The van der Waals surface area contributed by atoms with E-state index in [-0.39, 0.29) is 23.2 Å². The van der Waals surface area contributed by atoms with Gasteiger partial charge in [0.1, 0.15) is 6.04 Å². The van der Waals surface area contributed by atoms with Crippen LogP contribution in [-0.4, -0.2) is 28.0 Å². The summed E-state index contributed by atoms with van der Waals surface area (Å²) in [6.45, 7) is 1.58. The summed E-state index contributed by atoms with van der Waals surface area (Å²) in [5.41, 5.74) is 0.719. The summed E-state index contributed by atoms with van der Waals surface area (Å²) >= 11 is 0. The van der Waals surface area contributed by atoms with Crippen LogP contribution in [0.1, 0.15) is 29.7 Å². The second kappa shape index (κ2) is 8.83. The van der Waals surface area contributed by atoms with Crippen molar-refractivity contribution in [2.24, 2.45) is 0 Å². The summed E-state index contributed by atoms with van der Waals surface area (Å²) in [7, 11) is 1.15. The minimum atomic E-state index is -4.59. The van der Waals surface area contributed by atoms with Gasteiger partial charge in [-0.25, -0.2) is 9.48 Å². The normalized spacial score (nSPS) is 15.2. The second-order valence-corrected chi connectivity index (χ2v) is 7.43. The Morgan fingerprint density at radius 3 is 2.46 bits per heavy atom. The first kappa shape index (κ1) is 23.3. The fraction of sp³-hybridized carbons (Fsp3) is 0.174. The molecule has 12 heteroatoms. The van der Waals surface area contributed by atoms with Gasteiger partial charge in [0.15, 0.2) is 0 Å². The van der Waals surface area contributed by atoms with Crippen LogP contribution in [0.4, 0.5) is 35.5 Å². The van der Waals surface area contributed by atoms with Crippen LogP contribution < -0.4 is 10.2 Å². The number of nitrogens with one attached hydrogen (secondary N) is 1. The van der Waals surface area contributed by atoms with Gasteiger partial charge in [0.2, 0.25) is 5.95 Å². The standard InChI is InChI=1S/C23H16F3N7O2/c1-13-18(12-28)19(15-8-6-14(11-27)7-9-15)33-21(29-20(31-33)30-22(34)35-2)32(13)17-5-3-4-16(10-17)23(24,25)26/h3-10,19H,1-2H3,(H,30,31,34). The van der Waals surface area contributed by atoms with Gasteiger partial charge in [-0.15, -0.1) is 5.10 Å². The smallest absolute Gasteiger partial charge is 0.416 e. The lowest BCUT2D eigenvalue weighted by molar-refractivity contribution is -0.137. The Morgan fingerprint density at radius 2 is 1.86 bits per heavy atom. The SMILES string of the molecule is COC(=O)Nc1nc2n(n1)C(c1ccc(C#N)cc1)C(C#N)=C(C)N2c1cccc(C(F)(F)F)c1. The van der Waals surface area contributed by atoms with Crippen molar-refractivity contribution in [2.45, 2.75) is 19.1 Å². The Bertz CT molecular complexity index is 1410. The molecule has 0 fully saturated rings. The van der Waals surface area contributed by atoms with E-state index in [2.05, 4.69) is 26.2 Å². The molecule has 2 heterocycles. The van der Waals surface area contributed by atoms with Crippen molar-refractivity contribution in [3.8, 4) is 12.1 Å². The first-order valence-corrected chi connectivity index (χ1v) is 10.1. The summed E-state index contributed by atoms with van der Waals surface area (Å²) in [4.78, 5) is 17.4. The number of halogens is 3. The maximum Gasteiger partial charge on any atom is 0.416 e. The lowest BCUT2D eigenvalue weighted by atomic mass is 9.95. The van der Waals surface area contributed by atoms with Gasteiger partial charge in [-0.05, 0) is 42.8 Å². The minimum absolute atomic E-state index is 0.0709. The van der Waals surface area contributed by atoms with Gasteiger partial charge < -0.3 is 4.74 Å². The van der Waals surface area contributed by atoms with E-state index < -0.39 is 23.9 Å². The van der Waals surface area contributed by atoms with Gasteiger partial charge in [-0.3, -0.25) is 10.2 Å². The summed E-state index contributed by atoms with van der Waals surface area (Å²) in [6, 6.07) is 14.3. The molecule has 0 spiro atoms. The molecular weight excluding hydrogens is 463 g/mol. The van der Waals surface area contributed by atoms with E-state index in [1.54, 1.807) is 31.2 Å². The molecule has 3 aromatic rings. The number of ether oxygens (including phenoxy) is 1. The minimum Gasteiger partial charge on any atom is -0.453 e. The van der Waals surface area contributed by atoms with Crippen molar-refractivity contribution in [1.82, 2.24) is 14.8 Å². The number of nitriles is 2. The molecule has 1 unspecified atom stereocenters. The van der Waals surface area contributed by atoms with Gasteiger partial charge in [0.25, 0.3) is 5.95 Å². The maximum absolute atomic E-state index is 13.4. The van der Waals surface area contributed by atoms with Crippen LogP contribution in [0.2, 0.25) is 0 Å². The summed E-state index contributed by atoms with van der Waals surface area (Å²) < 4.78 is 46.1. The van der Waals surface area contributed by atoms with E-state index in [0.29, 0.717) is 16.8 Å². The van der Waals surface area contributed by atoms with E-state index in [9.17, 15) is 23.2 Å². The molecule has 1 aromatic heterocycles. The Morgan fingerprint density at radius 1 is 1.14 bits per heavy atom. The van der Waals surface area contributed by atoms with Crippen LogP contribution in [0.5, 0.6) is 0 Å². The highest BCUT2D eigenvalue weighted by molar-refractivity contribution is 5.82. The average molecular weight is 479 g/mol. The van der Waals surface area contributed by atoms with Crippen molar-refractivity contribution < 1.29 is 22.7 Å². The van der Waals surface area contributed by atoms with Crippen LogP contribution in [0.15, 0.2) is 59.8 Å². The third-order valence-electron chi connectivity index (χ3n) is 5.36. The zero-order valence-corrected chi connectivity index (χ0v) is 18.3. The topological polar surface area (TPSA) is 120 Å². The zero-order valence-electron chi connectivity index (χ0n) is 18.3. The lowest BCUT2D eigenvalue weighted by Gasteiger charge is -2.34. The Balaban J connectivity index is 1.94. The van der Waals surface area contributed by atoms with E-state index in [1.165, 1.54) is 21.7 Å². The molecule has 1 atom stereocenters. The predicted octanol–water partition coefficient (Wildman–Crippen LogP) is 4.89. The molecule has 2 aromatic carbocycles. The number of rotatable bonds is 3. The molecule has 0 saturated carbocycles. The molecule has 9 nitrogen and oxygen atoms in total. The Kier molecular flexibility index (Phi) is 5.89. The predicted molar refractivity (Wildman–Crippen MR) is 117 cm³/mol. The molecule has 1 N–H and O–H groups in total. The third-order valence-corrected chi connectivity index (χ3v) is 5.36. The summed E-state index contributed by atoms with van der Waals surface area (Å²) in [6.07, 6.45) is -5.43. The van der Waals surface area contributed by atoms with E-state index in [0.717, 1.165) is 19.2 Å². The number of anilines is 3. The van der Waals surface area contributed by atoms with Gasteiger partial charge >= 0.3 is 12.3 Å². The molecule has 0 bridgehead atoms. The number of allylic oxidation sites excluding steroid dienone is 2. The number of carbonyl (C=O) groups excluding carboxylic acids is 1. The Labute approximate surface area is 197 Å². The Hall–Kier alpha value is -4.84. The van der Waals surface area contributed by atoms with E-state index in [1.807, 2.05) is 6.07 Å². The fourth-order valence-electron chi connectivity index (χ4n) is 3.75. The fourth-order valence-corrected chi connectivity index (χ4v) is 3.75. The van der Waals surface area contributed by atoms with Crippen LogP contribution in [0.25, 0.3) is 0 Å². The second-order valence-electron chi connectivity index (χ2n) is 7.43. The number of alkyl halides is 3. The first-order valence-electron chi connectivity index (χ1n) is 10.1. The molecular formula is C23H16F3N7O2.